The Morgan fingerprint density at radius 1 is 1.35 bits per heavy atom. The molecule has 0 amide bonds. The van der Waals surface area contributed by atoms with Crippen molar-refractivity contribution < 1.29 is 17.2 Å². The SMILES string of the molecule is Cc1nn(C(F)F)c(C)c1S(=O)(=O)NCC(C)Cn1cccn1. The Hall–Kier alpha value is -1.81. The molecule has 128 valence electrons. The summed E-state index contributed by atoms with van der Waals surface area (Å²) in [6.07, 6.45) is 3.42. The monoisotopic (exact) mass is 347 g/mol. The van der Waals surface area contributed by atoms with E-state index in [-0.39, 0.29) is 28.7 Å². The van der Waals surface area contributed by atoms with Crippen molar-refractivity contribution in [2.45, 2.75) is 38.8 Å². The van der Waals surface area contributed by atoms with Crippen molar-refractivity contribution in [1.82, 2.24) is 24.3 Å². The van der Waals surface area contributed by atoms with E-state index in [9.17, 15) is 17.2 Å². The number of nitrogens with one attached hydrogen (secondary N) is 1. The van der Waals surface area contributed by atoms with Gasteiger partial charge in [-0.1, -0.05) is 6.92 Å². The summed E-state index contributed by atoms with van der Waals surface area (Å²) >= 11 is 0. The topological polar surface area (TPSA) is 81.8 Å². The molecule has 2 aromatic rings. The van der Waals surface area contributed by atoms with Crippen molar-refractivity contribution in [3.63, 3.8) is 0 Å². The fourth-order valence-corrected chi connectivity index (χ4v) is 3.90. The molecule has 0 aliphatic rings. The largest absolute Gasteiger partial charge is 0.333 e. The Bertz CT molecular complexity index is 756. The van der Waals surface area contributed by atoms with Gasteiger partial charge in [0.15, 0.2) is 0 Å². The van der Waals surface area contributed by atoms with Crippen LogP contribution in [0, 0.1) is 19.8 Å². The molecule has 2 heterocycles. The summed E-state index contributed by atoms with van der Waals surface area (Å²) in [6, 6.07) is 1.78. The normalized spacial score (nSPS) is 13.7. The van der Waals surface area contributed by atoms with Crippen molar-refractivity contribution in [2.75, 3.05) is 6.54 Å². The molecule has 1 N–H and O–H groups in total. The Kier molecular flexibility index (Phi) is 5.15. The summed E-state index contributed by atoms with van der Waals surface area (Å²) in [5.74, 6) is -0.0181. The van der Waals surface area contributed by atoms with Crippen LogP contribution in [0.2, 0.25) is 0 Å². The number of nitrogens with zero attached hydrogens (tertiary/aromatic N) is 4. The van der Waals surface area contributed by atoms with Crippen LogP contribution in [0.1, 0.15) is 24.9 Å². The lowest BCUT2D eigenvalue weighted by Gasteiger charge is -2.13. The van der Waals surface area contributed by atoms with E-state index in [1.807, 2.05) is 6.92 Å². The number of rotatable bonds is 7. The second-order valence-electron chi connectivity index (χ2n) is 5.41. The molecule has 0 aromatic carbocycles. The van der Waals surface area contributed by atoms with Gasteiger partial charge in [-0.2, -0.15) is 19.0 Å². The predicted molar refractivity (Wildman–Crippen MR) is 79.5 cm³/mol. The van der Waals surface area contributed by atoms with Crippen LogP contribution in [-0.2, 0) is 16.6 Å². The maximum atomic E-state index is 12.8. The van der Waals surface area contributed by atoms with E-state index in [1.165, 1.54) is 13.8 Å². The number of aryl methyl sites for hydroxylation is 1. The summed E-state index contributed by atoms with van der Waals surface area (Å²) in [5, 5.41) is 7.65. The molecule has 0 bridgehead atoms. The van der Waals surface area contributed by atoms with Crippen LogP contribution in [0.15, 0.2) is 23.4 Å². The molecule has 0 saturated heterocycles. The van der Waals surface area contributed by atoms with E-state index in [2.05, 4.69) is 14.9 Å². The molecule has 0 aliphatic carbocycles. The Morgan fingerprint density at radius 2 is 2.04 bits per heavy atom. The smallest absolute Gasteiger partial charge is 0.272 e. The highest BCUT2D eigenvalue weighted by atomic mass is 32.2. The third kappa shape index (κ3) is 3.94. The lowest BCUT2D eigenvalue weighted by Crippen LogP contribution is -2.31. The van der Waals surface area contributed by atoms with Gasteiger partial charge in [-0.3, -0.25) is 4.68 Å². The molecule has 2 rings (SSSR count). The number of aromatic nitrogens is 4. The first-order valence-corrected chi connectivity index (χ1v) is 8.51. The van der Waals surface area contributed by atoms with Crippen LogP contribution >= 0.6 is 0 Å². The number of sulfonamides is 1. The standard InChI is InChI=1S/C13H19F2N5O2S/c1-9(8-19-6-4-5-16-19)7-17-23(21,22)12-10(2)18-20(11(12)3)13(14)15/h4-6,9,13,17H,7-8H2,1-3H3. The Balaban J connectivity index is 2.10. The highest BCUT2D eigenvalue weighted by molar-refractivity contribution is 7.89. The van der Waals surface area contributed by atoms with Crippen molar-refractivity contribution in [3.8, 4) is 0 Å². The van der Waals surface area contributed by atoms with Gasteiger partial charge in [-0.05, 0) is 25.8 Å². The van der Waals surface area contributed by atoms with Crippen LogP contribution < -0.4 is 4.72 Å². The fraction of sp³-hybridized carbons (Fsp3) is 0.538. The van der Waals surface area contributed by atoms with Gasteiger partial charge < -0.3 is 0 Å². The van der Waals surface area contributed by atoms with Crippen LogP contribution in [0.5, 0.6) is 0 Å². The van der Waals surface area contributed by atoms with Crippen molar-refractivity contribution in [3.05, 3.63) is 29.8 Å². The number of halogens is 2. The van der Waals surface area contributed by atoms with Crippen LogP contribution in [0.3, 0.4) is 0 Å². The van der Waals surface area contributed by atoms with E-state index in [0.717, 1.165) is 0 Å². The molecular formula is C13H19F2N5O2S. The van der Waals surface area contributed by atoms with Gasteiger partial charge in [0.1, 0.15) is 4.90 Å². The molecule has 7 nitrogen and oxygen atoms in total. The maximum Gasteiger partial charge on any atom is 0.333 e. The Morgan fingerprint density at radius 3 is 2.57 bits per heavy atom. The van der Waals surface area contributed by atoms with E-state index >= 15 is 0 Å². The second kappa shape index (κ2) is 6.75. The number of alkyl halides is 2. The predicted octanol–water partition coefficient (Wildman–Crippen LogP) is 1.71. The molecule has 2 aromatic heterocycles. The van der Waals surface area contributed by atoms with Crippen molar-refractivity contribution in [1.29, 1.82) is 0 Å². The lowest BCUT2D eigenvalue weighted by molar-refractivity contribution is 0.0538. The fourth-order valence-electron chi connectivity index (χ4n) is 2.34. The number of hydrogen-bond acceptors (Lipinski definition) is 4. The van der Waals surface area contributed by atoms with Gasteiger partial charge in [-0.25, -0.2) is 17.8 Å². The van der Waals surface area contributed by atoms with Crippen molar-refractivity contribution in [2.24, 2.45) is 5.92 Å². The van der Waals surface area contributed by atoms with Crippen LogP contribution in [-0.4, -0.2) is 34.5 Å². The minimum absolute atomic E-state index is 0.0181. The van der Waals surface area contributed by atoms with Crippen LogP contribution in [0.25, 0.3) is 0 Å². The molecule has 0 saturated carbocycles. The minimum Gasteiger partial charge on any atom is -0.272 e. The minimum atomic E-state index is -3.90. The average Bonchev–Trinajstić information content (AvgIpc) is 3.04. The van der Waals surface area contributed by atoms with Gasteiger partial charge in [-0.15, -0.1) is 0 Å². The van der Waals surface area contributed by atoms with Crippen molar-refractivity contribution >= 4 is 10.0 Å². The molecule has 1 atom stereocenters. The first-order valence-electron chi connectivity index (χ1n) is 7.03. The van der Waals surface area contributed by atoms with E-state index in [4.69, 9.17) is 0 Å². The Labute approximate surface area is 133 Å². The van der Waals surface area contributed by atoms with Crippen LogP contribution in [0.4, 0.5) is 8.78 Å². The first-order chi connectivity index (χ1) is 10.7. The van der Waals surface area contributed by atoms with Gasteiger partial charge in [0.25, 0.3) is 0 Å². The second-order valence-corrected chi connectivity index (χ2v) is 7.11. The lowest BCUT2D eigenvalue weighted by atomic mass is 10.2. The van der Waals surface area contributed by atoms with Gasteiger partial charge in [0.2, 0.25) is 10.0 Å². The third-order valence-electron chi connectivity index (χ3n) is 3.39. The molecule has 0 fully saturated rings. The molecule has 10 heteroatoms. The highest BCUT2D eigenvalue weighted by Crippen LogP contribution is 2.23. The zero-order chi connectivity index (χ0) is 17.2. The summed E-state index contributed by atoms with van der Waals surface area (Å²) < 4.78 is 55.0. The first kappa shape index (κ1) is 17.5. The molecule has 1 unspecified atom stereocenters. The molecule has 0 radical (unpaired) electrons. The zero-order valence-corrected chi connectivity index (χ0v) is 13.9. The van der Waals surface area contributed by atoms with Gasteiger partial charge >= 0.3 is 6.55 Å². The maximum absolute atomic E-state index is 12.8. The molecule has 23 heavy (non-hydrogen) atoms. The summed E-state index contributed by atoms with van der Waals surface area (Å²) in [6.45, 7) is 2.41. The summed E-state index contributed by atoms with van der Waals surface area (Å²) in [7, 11) is -3.90. The van der Waals surface area contributed by atoms with E-state index in [0.29, 0.717) is 11.2 Å². The molecular weight excluding hydrogens is 328 g/mol. The van der Waals surface area contributed by atoms with Gasteiger partial charge in [0, 0.05) is 25.5 Å². The van der Waals surface area contributed by atoms with Gasteiger partial charge in [0.05, 0.1) is 11.4 Å². The van der Waals surface area contributed by atoms with E-state index < -0.39 is 16.6 Å². The third-order valence-corrected chi connectivity index (χ3v) is 5.07. The summed E-state index contributed by atoms with van der Waals surface area (Å²) in [4.78, 5) is -0.191. The molecule has 0 spiro atoms. The quantitative estimate of drug-likeness (QED) is 0.827. The average molecular weight is 347 g/mol. The van der Waals surface area contributed by atoms with E-state index in [1.54, 1.807) is 23.1 Å². The molecule has 0 aliphatic heterocycles. The highest BCUT2D eigenvalue weighted by Gasteiger charge is 2.27. The number of hydrogen-bond donors (Lipinski definition) is 1. The summed E-state index contributed by atoms with van der Waals surface area (Å²) in [5.41, 5.74) is -0.0280. The zero-order valence-electron chi connectivity index (χ0n) is 13.1.